The molecule has 134 valence electrons. The number of thiocarbonyl (C=S) groups is 1. The van der Waals surface area contributed by atoms with E-state index in [9.17, 15) is 13.2 Å². The third-order valence-corrected chi connectivity index (χ3v) is 4.00. The van der Waals surface area contributed by atoms with Crippen LogP contribution in [0.2, 0.25) is 5.02 Å². The van der Waals surface area contributed by atoms with Gasteiger partial charge in [0.15, 0.2) is 10.9 Å². The van der Waals surface area contributed by atoms with Crippen LogP contribution in [0.5, 0.6) is 0 Å². The molecule has 3 rings (SSSR count). The maximum Gasteiger partial charge on any atom is 0.176 e. The first-order valence-corrected chi connectivity index (χ1v) is 8.20. The molecule has 0 fully saturated rings. The van der Waals surface area contributed by atoms with Gasteiger partial charge in [0.05, 0.1) is 12.2 Å². The van der Waals surface area contributed by atoms with Gasteiger partial charge in [0.2, 0.25) is 0 Å². The number of nitrogens with zero attached hydrogens (tertiary/aromatic N) is 2. The van der Waals surface area contributed by atoms with Crippen molar-refractivity contribution in [2.24, 2.45) is 0 Å². The molecule has 0 radical (unpaired) electrons. The molecule has 0 amide bonds. The van der Waals surface area contributed by atoms with Gasteiger partial charge in [-0.25, -0.2) is 13.2 Å². The van der Waals surface area contributed by atoms with Gasteiger partial charge in [-0.1, -0.05) is 17.7 Å². The molecule has 0 spiro atoms. The molecule has 0 atom stereocenters. The van der Waals surface area contributed by atoms with Crippen LogP contribution >= 0.6 is 23.8 Å². The molecule has 0 aliphatic rings. The smallest absolute Gasteiger partial charge is 0.176 e. The van der Waals surface area contributed by atoms with Crippen LogP contribution in [0, 0.1) is 17.5 Å². The number of nitrogens with one attached hydrogen (secondary N) is 2. The van der Waals surface area contributed by atoms with Crippen LogP contribution in [-0.4, -0.2) is 14.9 Å². The predicted molar refractivity (Wildman–Crippen MR) is 98.9 cm³/mol. The van der Waals surface area contributed by atoms with E-state index in [1.807, 2.05) is 0 Å². The zero-order valence-electron chi connectivity index (χ0n) is 13.1. The van der Waals surface area contributed by atoms with Crippen molar-refractivity contribution in [1.29, 1.82) is 0 Å². The molecule has 0 unspecified atom stereocenters. The van der Waals surface area contributed by atoms with E-state index in [0.29, 0.717) is 16.4 Å². The lowest BCUT2D eigenvalue weighted by molar-refractivity contribution is 0.586. The van der Waals surface area contributed by atoms with Gasteiger partial charge < -0.3 is 10.6 Å². The number of benzene rings is 2. The predicted octanol–water partition coefficient (Wildman–Crippen LogP) is 4.81. The van der Waals surface area contributed by atoms with Gasteiger partial charge >= 0.3 is 0 Å². The average Bonchev–Trinajstić information content (AvgIpc) is 3.01. The molecule has 4 nitrogen and oxygen atoms in total. The lowest BCUT2D eigenvalue weighted by atomic mass is 10.2. The summed E-state index contributed by atoms with van der Waals surface area (Å²) in [4.78, 5) is 0. The number of halogens is 4. The van der Waals surface area contributed by atoms with Crippen LogP contribution in [0.15, 0.2) is 48.7 Å². The van der Waals surface area contributed by atoms with Gasteiger partial charge in [-0.2, -0.15) is 5.10 Å². The third kappa shape index (κ3) is 4.33. The van der Waals surface area contributed by atoms with Crippen LogP contribution in [0.1, 0.15) is 5.56 Å². The second-order valence-electron chi connectivity index (χ2n) is 5.30. The second-order valence-corrected chi connectivity index (χ2v) is 6.12. The normalized spacial score (nSPS) is 10.6. The summed E-state index contributed by atoms with van der Waals surface area (Å²) in [6, 6.07) is 9.15. The van der Waals surface area contributed by atoms with Gasteiger partial charge in [-0.3, -0.25) is 4.68 Å². The summed E-state index contributed by atoms with van der Waals surface area (Å²) in [7, 11) is 0. The summed E-state index contributed by atoms with van der Waals surface area (Å²) in [6.45, 7) is 0.139. The Morgan fingerprint density at radius 1 is 1.08 bits per heavy atom. The van der Waals surface area contributed by atoms with Gasteiger partial charge in [-0.05, 0) is 36.5 Å². The first-order valence-electron chi connectivity index (χ1n) is 7.42. The van der Waals surface area contributed by atoms with Gasteiger partial charge in [-0.15, -0.1) is 0 Å². The Balaban J connectivity index is 1.65. The Hall–Kier alpha value is -2.58. The standard InChI is InChI=1S/C17H12ClF3N4S/c18-12-2-1-3-13(20)11(12)9-25-7-6-16(24-25)23-17(26)22-15-5-4-10(19)8-14(15)21/h1-8H,9H2,(H2,22,23,24,26). The molecular formula is C17H12ClF3N4S. The molecule has 0 aliphatic heterocycles. The Morgan fingerprint density at radius 3 is 2.62 bits per heavy atom. The number of rotatable bonds is 4. The molecule has 2 N–H and O–H groups in total. The zero-order chi connectivity index (χ0) is 18.7. The first-order chi connectivity index (χ1) is 12.4. The molecular weight excluding hydrogens is 385 g/mol. The maximum absolute atomic E-state index is 13.8. The summed E-state index contributed by atoms with van der Waals surface area (Å²) in [6.07, 6.45) is 1.62. The highest BCUT2D eigenvalue weighted by Crippen LogP contribution is 2.20. The number of hydrogen-bond acceptors (Lipinski definition) is 2. The van der Waals surface area contributed by atoms with Crippen LogP contribution in [0.4, 0.5) is 24.7 Å². The number of anilines is 2. The molecule has 0 saturated carbocycles. The SMILES string of the molecule is Fc1ccc(NC(=S)Nc2ccn(Cc3c(F)cccc3Cl)n2)c(F)c1. The van der Waals surface area contributed by atoms with Gasteiger partial charge in [0, 0.05) is 28.9 Å². The Morgan fingerprint density at radius 2 is 1.88 bits per heavy atom. The van der Waals surface area contributed by atoms with Crippen molar-refractivity contribution in [3.8, 4) is 0 Å². The molecule has 9 heteroatoms. The fourth-order valence-electron chi connectivity index (χ4n) is 2.22. The summed E-state index contributed by atoms with van der Waals surface area (Å²) >= 11 is 11.1. The van der Waals surface area contributed by atoms with E-state index in [0.717, 1.165) is 12.1 Å². The highest BCUT2D eigenvalue weighted by molar-refractivity contribution is 7.80. The van der Waals surface area contributed by atoms with Crippen molar-refractivity contribution in [1.82, 2.24) is 9.78 Å². The Labute approximate surface area is 157 Å². The zero-order valence-corrected chi connectivity index (χ0v) is 14.7. The number of aromatic nitrogens is 2. The van der Waals surface area contributed by atoms with Gasteiger partial charge in [0.25, 0.3) is 0 Å². The first kappa shape index (κ1) is 18.2. The number of hydrogen-bond donors (Lipinski definition) is 2. The minimum atomic E-state index is -0.770. The van der Waals surface area contributed by atoms with Crippen molar-refractivity contribution < 1.29 is 13.2 Å². The van der Waals surface area contributed by atoms with E-state index < -0.39 is 17.5 Å². The summed E-state index contributed by atoms with van der Waals surface area (Å²) in [5.41, 5.74) is 0.347. The maximum atomic E-state index is 13.8. The molecule has 0 bridgehead atoms. The summed E-state index contributed by atoms with van der Waals surface area (Å²) < 4.78 is 41.8. The van der Waals surface area contributed by atoms with E-state index >= 15 is 0 Å². The highest BCUT2D eigenvalue weighted by Gasteiger charge is 2.10. The van der Waals surface area contributed by atoms with Crippen molar-refractivity contribution in [2.75, 3.05) is 10.6 Å². The van der Waals surface area contributed by atoms with E-state index in [1.54, 1.807) is 18.3 Å². The minimum absolute atomic E-state index is 0.0291. The fraction of sp³-hybridized carbons (Fsp3) is 0.0588. The molecule has 0 saturated heterocycles. The Bertz CT molecular complexity index is 941. The van der Waals surface area contributed by atoms with E-state index in [2.05, 4.69) is 15.7 Å². The monoisotopic (exact) mass is 396 g/mol. The summed E-state index contributed by atoms with van der Waals surface area (Å²) in [5.74, 6) is -1.50. The van der Waals surface area contributed by atoms with E-state index in [1.165, 1.54) is 22.9 Å². The van der Waals surface area contributed by atoms with Crippen molar-refractivity contribution in [3.63, 3.8) is 0 Å². The molecule has 3 aromatic rings. The molecule has 26 heavy (non-hydrogen) atoms. The highest BCUT2D eigenvalue weighted by atomic mass is 35.5. The van der Waals surface area contributed by atoms with Crippen molar-refractivity contribution in [3.05, 3.63) is 76.7 Å². The van der Waals surface area contributed by atoms with Crippen LogP contribution in [0.25, 0.3) is 0 Å². The molecule has 1 aromatic heterocycles. The fourth-order valence-corrected chi connectivity index (χ4v) is 2.66. The largest absolute Gasteiger partial charge is 0.330 e. The van der Waals surface area contributed by atoms with Crippen molar-refractivity contribution in [2.45, 2.75) is 6.54 Å². The van der Waals surface area contributed by atoms with Gasteiger partial charge in [0.1, 0.15) is 17.5 Å². The van der Waals surface area contributed by atoms with Crippen LogP contribution < -0.4 is 10.6 Å². The minimum Gasteiger partial charge on any atom is -0.330 e. The van der Waals surface area contributed by atoms with Crippen LogP contribution in [-0.2, 0) is 6.54 Å². The topological polar surface area (TPSA) is 41.9 Å². The van der Waals surface area contributed by atoms with Crippen molar-refractivity contribution >= 4 is 40.4 Å². The third-order valence-electron chi connectivity index (χ3n) is 3.44. The quantitative estimate of drug-likeness (QED) is 0.621. The molecule has 0 aliphatic carbocycles. The van der Waals surface area contributed by atoms with E-state index in [-0.39, 0.29) is 17.3 Å². The lowest BCUT2D eigenvalue weighted by Gasteiger charge is -2.09. The summed E-state index contributed by atoms with van der Waals surface area (Å²) in [5, 5.41) is 9.96. The Kier molecular flexibility index (Phi) is 5.43. The average molecular weight is 397 g/mol. The second kappa shape index (κ2) is 7.76. The lowest BCUT2D eigenvalue weighted by Crippen LogP contribution is -2.20. The molecule has 1 heterocycles. The molecule has 2 aromatic carbocycles. The van der Waals surface area contributed by atoms with E-state index in [4.69, 9.17) is 23.8 Å². The van der Waals surface area contributed by atoms with Crippen LogP contribution in [0.3, 0.4) is 0 Å².